The molecule has 2 aromatic carbocycles. The Morgan fingerprint density at radius 3 is 2.55 bits per heavy atom. The van der Waals surface area contributed by atoms with Gasteiger partial charge in [0.05, 0.1) is 13.0 Å². The van der Waals surface area contributed by atoms with E-state index in [2.05, 4.69) is 23.1 Å². The first-order valence-electron chi connectivity index (χ1n) is 9.80. The largest absolute Gasteiger partial charge is 0.492 e. The summed E-state index contributed by atoms with van der Waals surface area (Å²) in [6.07, 6.45) is 6.10. The predicted octanol–water partition coefficient (Wildman–Crippen LogP) is 5.36. The molecular formula is C23H23Cl2NO3. The van der Waals surface area contributed by atoms with Gasteiger partial charge in [0, 0.05) is 33.1 Å². The molecule has 2 aliphatic rings. The molecular weight excluding hydrogens is 409 g/mol. The Morgan fingerprint density at radius 2 is 1.86 bits per heavy atom. The van der Waals surface area contributed by atoms with Crippen molar-refractivity contribution in [3.05, 3.63) is 63.1 Å². The van der Waals surface area contributed by atoms with Crippen molar-refractivity contribution in [1.82, 2.24) is 4.90 Å². The zero-order chi connectivity index (χ0) is 20.4. The molecule has 1 N–H and O–H groups in total. The molecule has 4 nitrogen and oxygen atoms in total. The average molecular weight is 432 g/mol. The van der Waals surface area contributed by atoms with E-state index in [1.807, 2.05) is 30.4 Å². The number of carbonyl (C=O) groups is 1. The lowest BCUT2D eigenvalue weighted by Crippen LogP contribution is -2.44. The smallest absolute Gasteiger partial charge is 0.304 e. The van der Waals surface area contributed by atoms with Crippen molar-refractivity contribution in [2.45, 2.75) is 24.7 Å². The van der Waals surface area contributed by atoms with Gasteiger partial charge in [0.25, 0.3) is 0 Å². The first-order valence-corrected chi connectivity index (χ1v) is 10.6. The van der Waals surface area contributed by atoms with E-state index in [4.69, 9.17) is 33.0 Å². The summed E-state index contributed by atoms with van der Waals surface area (Å²) in [5.41, 5.74) is 3.16. The molecule has 1 spiro atoms. The van der Waals surface area contributed by atoms with Crippen molar-refractivity contribution in [1.29, 1.82) is 0 Å². The van der Waals surface area contributed by atoms with Crippen LogP contribution in [0.5, 0.6) is 5.75 Å². The second-order valence-electron chi connectivity index (χ2n) is 7.78. The van der Waals surface area contributed by atoms with Crippen molar-refractivity contribution in [2.75, 3.05) is 26.2 Å². The molecule has 2 aromatic rings. The fraction of sp³-hybridized carbons (Fsp3) is 0.348. The molecule has 152 valence electrons. The van der Waals surface area contributed by atoms with Crippen molar-refractivity contribution >= 4 is 41.3 Å². The zero-order valence-corrected chi connectivity index (χ0v) is 17.5. The predicted molar refractivity (Wildman–Crippen MR) is 117 cm³/mol. The van der Waals surface area contributed by atoms with Crippen LogP contribution < -0.4 is 4.74 Å². The Balaban J connectivity index is 1.47. The Bertz CT molecular complexity index is 929. The van der Waals surface area contributed by atoms with Crippen LogP contribution in [0.4, 0.5) is 0 Å². The molecule has 6 heteroatoms. The van der Waals surface area contributed by atoms with E-state index in [9.17, 15) is 4.79 Å². The zero-order valence-electron chi connectivity index (χ0n) is 16.0. The Kier molecular flexibility index (Phi) is 5.86. The van der Waals surface area contributed by atoms with Crippen LogP contribution in [0.3, 0.4) is 0 Å². The second-order valence-corrected chi connectivity index (χ2v) is 8.59. The van der Waals surface area contributed by atoms with Crippen LogP contribution in [0.1, 0.15) is 36.0 Å². The fourth-order valence-corrected chi connectivity index (χ4v) is 4.74. The SMILES string of the molecule is O=C(O)CCN1CCC2(CC1)COc1cc(C=Cc3c(Cl)cccc3Cl)ccc12. The standard InChI is InChI=1S/C23H23Cl2NO3/c24-19-2-1-3-20(25)17(19)6-4-16-5-7-18-21(14-16)29-15-23(18)9-12-26(13-10-23)11-8-22(27)28/h1-7,14H,8-13,15H2,(H,27,28). The van der Waals surface area contributed by atoms with Gasteiger partial charge in [-0.3, -0.25) is 4.79 Å². The minimum Gasteiger partial charge on any atom is -0.492 e. The van der Waals surface area contributed by atoms with Gasteiger partial charge in [0.1, 0.15) is 5.75 Å². The number of likely N-dealkylation sites (tertiary alicyclic amines) is 1. The minimum absolute atomic E-state index is 0.0450. The number of nitrogens with zero attached hydrogens (tertiary/aromatic N) is 1. The number of benzene rings is 2. The van der Waals surface area contributed by atoms with E-state index < -0.39 is 5.97 Å². The van der Waals surface area contributed by atoms with Crippen LogP contribution >= 0.6 is 23.2 Å². The van der Waals surface area contributed by atoms with E-state index in [0.29, 0.717) is 23.2 Å². The van der Waals surface area contributed by atoms with Crippen molar-refractivity contribution in [3.8, 4) is 5.75 Å². The lowest BCUT2D eigenvalue weighted by atomic mass is 9.74. The van der Waals surface area contributed by atoms with Crippen molar-refractivity contribution in [3.63, 3.8) is 0 Å². The van der Waals surface area contributed by atoms with E-state index in [1.165, 1.54) is 5.56 Å². The van der Waals surface area contributed by atoms with Crippen LogP contribution in [-0.4, -0.2) is 42.2 Å². The number of carboxylic acid groups (broad SMARTS) is 1. The third kappa shape index (κ3) is 4.30. The van der Waals surface area contributed by atoms with Gasteiger partial charge >= 0.3 is 5.97 Å². The average Bonchev–Trinajstić information content (AvgIpc) is 3.05. The lowest BCUT2D eigenvalue weighted by molar-refractivity contribution is -0.137. The first kappa shape index (κ1) is 20.3. The quantitative estimate of drug-likeness (QED) is 0.646. The van der Waals surface area contributed by atoms with Crippen molar-refractivity contribution in [2.24, 2.45) is 0 Å². The molecule has 0 radical (unpaired) electrons. The van der Waals surface area contributed by atoms with E-state index in [0.717, 1.165) is 42.8 Å². The van der Waals surface area contributed by atoms with Crippen LogP contribution in [0.15, 0.2) is 36.4 Å². The molecule has 0 aliphatic carbocycles. The van der Waals surface area contributed by atoms with Gasteiger partial charge in [0.2, 0.25) is 0 Å². The topological polar surface area (TPSA) is 49.8 Å². The molecule has 1 fully saturated rings. The number of hydrogen-bond donors (Lipinski definition) is 1. The number of piperidine rings is 1. The third-order valence-corrected chi connectivity index (χ3v) is 6.64. The maximum Gasteiger partial charge on any atom is 0.304 e. The number of ether oxygens (including phenoxy) is 1. The molecule has 2 heterocycles. The monoisotopic (exact) mass is 431 g/mol. The number of rotatable bonds is 5. The van der Waals surface area contributed by atoms with Gasteiger partial charge in [-0.2, -0.15) is 0 Å². The summed E-state index contributed by atoms with van der Waals surface area (Å²) in [6.45, 7) is 3.12. The van der Waals surface area contributed by atoms with Gasteiger partial charge in [0.15, 0.2) is 0 Å². The van der Waals surface area contributed by atoms with E-state index in [1.54, 1.807) is 0 Å². The number of fused-ring (bicyclic) bond motifs is 2. The second kappa shape index (κ2) is 8.39. The lowest BCUT2D eigenvalue weighted by Gasteiger charge is -2.38. The van der Waals surface area contributed by atoms with Gasteiger partial charge in [-0.05, 0) is 49.7 Å². The molecule has 0 saturated carbocycles. The van der Waals surface area contributed by atoms with E-state index in [-0.39, 0.29) is 11.8 Å². The number of hydrogen-bond acceptors (Lipinski definition) is 3. The van der Waals surface area contributed by atoms with Crippen LogP contribution in [-0.2, 0) is 10.2 Å². The highest BCUT2D eigenvalue weighted by atomic mass is 35.5. The summed E-state index contributed by atoms with van der Waals surface area (Å²) in [5, 5.41) is 10.1. The van der Waals surface area contributed by atoms with Gasteiger partial charge in [-0.1, -0.05) is 53.6 Å². The fourth-order valence-electron chi connectivity index (χ4n) is 4.22. The van der Waals surface area contributed by atoms with Gasteiger partial charge in [-0.15, -0.1) is 0 Å². The Hall–Kier alpha value is -2.01. The maximum atomic E-state index is 10.8. The Labute approximate surface area is 180 Å². The maximum absolute atomic E-state index is 10.8. The summed E-state index contributed by atoms with van der Waals surface area (Å²) in [7, 11) is 0. The molecule has 29 heavy (non-hydrogen) atoms. The molecule has 0 aromatic heterocycles. The number of halogens is 2. The molecule has 0 amide bonds. The molecule has 1 saturated heterocycles. The summed E-state index contributed by atoms with van der Waals surface area (Å²) >= 11 is 12.5. The van der Waals surface area contributed by atoms with Crippen LogP contribution in [0, 0.1) is 0 Å². The minimum atomic E-state index is -0.738. The molecule has 0 atom stereocenters. The summed E-state index contributed by atoms with van der Waals surface area (Å²) in [4.78, 5) is 13.0. The highest BCUT2D eigenvalue weighted by molar-refractivity contribution is 6.37. The summed E-state index contributed by atoms with van der Waals surface area (Å²) in [6, 6.07) is 11.8. The molecule has 0 unspecified atom stereocenters. The van der Waals surface area contributed by atoms with Crippen molar-refractivity contribution < 1.29 is 14.6 Å². The van der Waals surface area contributed by atoms with Gasteiger partial charge in [-0.25, -0.2) is 0 Å². The molecule has 4 rings (SSSR count). The highest BCUT2D eigenvalue weighted by Crippen LogP contribution is 2.46. The van der Waals surface area contributed by atoms with E-state index >= 15 is 0 Å². The summed E-state index contributed by atoms with van der Waals surface area (Å²) < 4.78 is 6.07. The first-order chi connectivity index (χ1) is 14.0. The third-order valence-electron chi connectivity index (χ3n) is 5.98. The normalized spacial score (nSPS) is 18.1. The van der Waals surface area contributed by atoms with Gasteiger partial charge < -0.3 is 14.7 Å². The molecule has 0 bridgehead atoms. The number of carboxylic acids is 1. The Morgan fingerprint density at radius 1 is 1.14 bits per heavy atom. The highest BCUT2D eigenvalue weighted by Gasteiger charge is 2.42. The van der Waals surface area contributed by atoms with Crippen LogP contribution in [0.25, 0.3) is 12.2 Å². The number of aliphatic carboxylic acids is 1. The summed E-state index contributed by atoms with van der Waals surface area (Å²) in [5.74, 6) is 0.204. The van der Waals surface area contributed by atoms with Crippen LogP contribution in [0.2, 0.25) is 10.0 Å². The molecule has 2 aliphatic heterocycles.